The molecule has 0 N–H and O–H groups in total. The van der Waals surface area contributed by atoms with Crippen LogP contribution in [0, 0.1) is 0 Å². The summed E-state index contributed by atoms with van der Waals surface area (Å²) in [5, 5.41) is 12.1. The lowest BCUT2D eigenvalue weighted by Gasteiger charge is -2.16. The summed E-state index contributed by atoms with van der Waals surface area (Å²) < 4.78 is 4.71. The summed E-state index contributed by atoms with van der Waals surface area (Å²) >= 11 is 0. The van der Waals surface area contributed by atoms with E-state index in [9.17, 15) is 0 Å². The largest absolute Gasteiger partial charge is 0.309 e. The average Bonchev–Trinajstić information content (AvgIpc) is 3.85. The lowest BCUT2D eigenvalue weighted by Crippen LogP contribution is -2.06. The Hall–Kier alpha value is -8.41. The van der Waals surface area contributed by atoms with Gasteiger partial charge in [-0.1, -0.05) is 176 Å². The van der Waals surface area contributed by atoms with Crippen molar-refractivity contribution in [2.24, 2.45) is 0 Å². The number of aromatic nitrogens is 5. The number of fused-ring (bicyclic) bond motifs is 12. The molecule has 62 heavy (non-hydrogen) atoms. The molecule has 13 rings (SSSR count). The van der Waals surface area contributed by atoms with Gasteiger partial charge in [0, 0.05) is 38.1 Å². The zero-order chi connectivity index (χ0) is 40.7. The van der Waals surface area contributed by atoms with Crippen molar-refractivity contribution >= 4 is 75.9 Å². The highest BCUT2D eigenvalue weighted by molar-refractivity contribution is 6.28. The Labute approximate surface area is 356 Å². The van der Waals surface area contributed by atoms with Gasteiger partial charge < -0.3 is 4.57 Å². The SMILES string of the molecule is c1ccc(-c2cccc(-c3nc(-c4ccccc4)nc(-n4c5ccccc5c5cc6c(cc54)c4ccccc4n6-c4cccc5c6ccccc6c6ccccc6c45)n3)c2)cc1. The number of rotatable bonds is 5. The van der Waals surface area contributed by atoms with Crippen LogP contribution in [-0.4, -0.2) is 24.1 Å². The highest BCUT2D eigenvalue weighted by Gasteiger charge is 2.22. The van der Waals surface area contributed by atoms with Crippen molar-refractivity contribution in [2.45, 2.75) is 0 Å². The van der Waals surface area contributed by atoms with Gasteiger partial charge >= 0.3 is 0 Å². The van der Waals surface area contributed by atoms with E-state index in [-0.39, 0.29) is 0 Å². The third-order valence-electron chi connectivity index (χ3n) is 12.5. The molecule has 0 spiro atoms. The van der Waals surface area contributed by atoms with Crippen molar-refractivity contribution in [1.29, 1.82) is 0 Å². The minimum absolute atomic E-state index is 0.570. The van der Waals surface area contributed by atoms with Crippen LogP contribution < -0.4 is 0 Å². The first kappa shape index (κ1) is 34.5. The smallest absolute Gasteiger partial charge is 0.238 e. The van der Waals surface area contributed by atoms with Crippen LogP contribution in [0.5, 0.6) is 0 Å². The first-order valence-corrected chi connectivity index (χ1v) is 21.0. The van der Waals surface area contributed by atoms with E-state index in [1.165, 1.54) is 37.7 Å². The van der Waals surface area contributed by atoms with Gasteiger partial charge in [-0.25, -0.2) is 4.98 Å². The average molecular weight is 790 g/mol. The first-order chi connectivity index (χ1) is 30.8. The molecular formula is C57H35N5. The minimum Gasteiger partial charge on any atom is -0.309 e. The molecule has 0 aliphatic carbocycles. The van der Waals surface area contributed by atoms with Gasteiger partial charge in [-0.2, -0.15) is 9.97 Å². The number of hydrogen-bond acceptors (Lipinski definition) is 3. The molecule has 0 aliphatic rings. The van der Waals surface area contributed by atoms with Crippen LogP contribution in [0.4, 0.5) is 0 Å². The van der Waals surface area contributed by atoms with Crippen molar-refractivity contribution in [3.63, 3.8) is 0 Å². The van der Waals surface area contributed by atoms with Crippen molar-refractivity contribution in [3.05, 3.63) is 212 Å². The number of hydrogen-bond donors (Lipinski definition) is 0. The Kier molecular flexibility index (Phi) is 7.54. The van der Waals surface area contributed by atoms with Gasteiger partial charge in [0.05, 0.1) is 27.8 Å². The van der Waals surface area contributed by atoms with E-state index < -0.39 is 0 Å². The second-order valence-electron chi connectivity index (χ2n) is 16.0. The van der Waals surface area contributed by atoms with E-state index in [0.717, 1.165) is 66.2 Å². The van der Waals surface area contributed by atoms with E-state index in [4.69, 9.17) is 15.0 Å². The topological polar surface area (TPSA) is 48.5 Å². The Morgan fingerprint density at radius 3 is 1.34 bits per heavy atom. The Balaban J connectivity index is 1.11. The summed E-state index contributed by atoms with van der Waals surface area (Å²) in [6.07, 6.45) is 0. The number of benzene rings is 10. The first-order valence-electron chi connectivity index (χ1n) is 21.0. The molecule has 13 aromatic rings. The van der Waals surface area contributed by atoms with Crippen LogP contribution in [0.3, 0.4) is 0 Å². The molecule has 0 atom stereocenters. The Morgan fingerprint density at radius 2 is 0.694 bits per heavy atom. The fourth-order valence-electron chi connectivity index (χ4n) is 9.81. The van der Waals surface area contributed by atoms with Gasteiger partial charge in [-0.05, 0) is 74.5 Å². The summed E-state index contributed by atoms with van der Waals surface area (Å²) in [5.41, 5.74) is 9.62. The normalized spacial score (nSPS) is 11.9. The second kappa shape index (κ2) is 13.6. The van der Waals surface area contributed by atoms with Crippen LogP contribution in [-0.2, 0) is 0 Å². The second-order valence-corrected chi connectivity index (χ2v) is 16.0. The molecule has 0 fully saturated rings. The van der Waals surface area contributed by atoms with Crippen molar-refractivity contribution < 1.29 is 0 Å². The van der Waals surface area contributed by atoms with Crippen LogP contribution >= 0.6 is 0 Å². The molecule has 10 aromatic carbocycles. The summed E-state index contributed by atoms with van der Waals surface area (Å²) in [5.74, 6) is 1.81. The molecule has 0 bridgehead atoms. The Bertz CT molecular complexity index is 3870. The third kappa shape index (κ3) is 5.18. The van der Waals surface area contributed by atoms with Gasteiger partial charge in [0.1, 0.15) is 0 Å². The molecule has 0 amide bonds. The van der Waals surface area contributed by atoms with Gasteiger partial charge in [-0.15, -0.1) is 0 Å². The molecule has 5 heteroatoms. The molecule has 3 aromatic heterocycles. The van der Waals surface area contributed by atoms with Crippen molar-refractivity contribution in [3.8, 4) is 45.5 Å². The fourth-order valence-corrected chi connectivity index (χ4v) is 9.81. The standard InChI is InChI=1S/C57H35N5/c1-3-17-36(18-4-1)38-21-15-22-39(33-38)56-58-55(37-19-5-2-6-20-37)59-57(60-56)62-50-31-14-12-27-44(50)48-34-52-47(35-53(48)62)43-26-11-13-30-49(43)61(52)51-32-16-29-46-42-24-8-7-23-40(42)41-25-9-10-28-45(41)54(46)51/h1-35H. The van der Waals surface area contributed by atoms with Crippen molar-refractivity contribution in [1.82, 2.24) is 24.1 Å². The van der Waals surface area contributed by atoms with Gasteiger partial charge in [-0.3, -0.25) is 4.57 Å². The Morgan fingerprint density at radius 1 is 0.258 bits per heavy atom. The molecule has 0 aliphatic heterocycles. The quantitative estimate of drug-likeness (QED) is 0.163. The summed E-state index contributed by atoms with van der Waals surface area (Å²) in [4.78, 5) is 15.7. The highest BCUT2D eigenvalue weighted by Crippen LogP contribution is 2.43. The zero-order valence-corrected chi connectivity index (χ0v) is 33.4. The monoisotopic (exact) mass is 789 g/mol. The van der Waals surface area contributed by atoms with Crippen molar-refractivity contribution in [2.75, 3.05) is 0 Å². The molecule has 5 nitrogen and oxygen atoms in total. The predicted octanol–water partition coefficient (Wildman–Crippen LogP) is 14.5. The maximum Gasteiger partial charge on any atom is 0.238 e. The molecule has 0 unspecified atom stereocenters. The maximum absolute atomic E-state index is 5.33. The zero-order valence-electron chi connectivity index (χ0n) is 33.4. The highest BCUT2D eigenvalue weighted by atomic mass is 15.2. The molecular weight excluding hydrogens is 755 g/mol. The lowest BCUT2D eigenvalue weighted by molar-refractivity contribution is 0.954. The van der Waals surface area contributed by atoms with E-state index in [2.05, 4.69) is 197 Å². The molecule has 0 radical (unpaired) electrons. The third-order valence-corrected chi connectivity index (χ3v) is 12.5. The summed E-state index contributed by atoms with van der Waals surface area (Å²) in [6.45, 7) is 0. The van der Waals surface area contributed by atoms with Crippen LogP contribution in [0.15, 0.2) is 212 Å². The summed E-state index contributed by atoms with van der Waals surface area (Å²) in [7, 11) is 0. The van der Waals surface area contributed by atoms with Gasteiger partial charge in [0.2, 0.25) is 5.95 Å². The van der Waals surface area contributed by atoms with Crippen LogP contribution in [0.2, 0.25) is 0 Å². The van der Waals surface area contributed by atoms with Gasteiger partial charge in [0.25, 0.3) is 0 Å². The number of nitrogens with zero attached hydrogens (tertiary/aromatic N) is 5. The van der Waals surface area contributed by atoms with E-state index in [0.29, 0.717) is 17.6 Å². The molecule has 288 valence electrons. The predicted molar refractivity (Wildman–Crippen MR) is 257 cm³/mol. The fraction of sp³-hybridized carbons (Fsp3) is 0. The van der Waals surface area contributed by atoms with Gasteiger partial charge in [0.15, 0.2) is 11.6 Å². The number of para-hydroxylation sites is 2. The lowest BCUT2D eigenvalue weighted by atomic mass is 9.93. The van der Waals surface area contributed by atoms with E-state index in [1.807, 2.05) is 24.3 Å². The van der Waals surface area contributed by atoms with E-state index in [1.54, 1.807) is 0 Å². The molecule has 0 saturated carbocycles. The maximum atomic E-state index is 5.33. The van der Waals surface area contributed by atoms with Crippen LogP contribution in [0.25, 0.3) is 121 Å². The molecule has 0 saturated heterocycles. The minimum atomic E-state index is 0.570. The van der Waals surface area contributed by atoms with Crippen LogP contribution in [0.1, 0.15) is 0 Å². The summed E-state index contributed by atoms with van der Waals surface area (Å²) in [6, 6.07) is 75.7. The molecule has 3 heterocycles. The van der Waals surface area contributed by atoms with E-state index >= 15 is 0 Å².